The Morgan fingerprint density at radius 3 is 2.41 bits per heavy atom. The van der Waals surface area contributed by atoms with Gasteiger partial charge in [0.05, 0.1) is 10.5 Å². The summed E-state index contributed by atoms with van der Waals surface area (Å²) in [6, 6.07) is 5.83. The average Bonchev–Trinajstić information content (AvgIpc) is 2.99. The number of nitrogens with zero attached hydrogens (tertiary/aromatic N) is 2. The van der Waals surface area contributed by atoms with Crippen LogP contribution in [0.5, 0.6) is 0 Å². The highest BCUT2D eigenvalue weighted by molar-refractivity contribution is 7.90. The van der Waals surface area contributed by atoms with Crippen molar-refractivity contribution in [3.8, 4) is 0 Å². The summed E-state index contributed by atoms with van der Waals surface area (Å²) in [5.41, 5.74) is 0.712. The van der Waals surface area contributed by atoms with Gasteiger partial charge >= 0.3 is 0 Å². The van der Waals surface area contributed by atoms with E-state index in [4.69, 9.17) is 4.42 Å². The number of amides is 1. The number of nitro groups is 1. The second-order valence-corrected chi connectivity index (χ2v) is 9.23. The number of nitro benzene ring substituents is 1. The largest absolute Gasteiger partial charge is 0.466 e. The second kappa shape index (κ2) is 7.86. The van der Waals surface area contributed by atoms with Crippen molar-refractivity contribution in [3.05, 3.63) is 51.5 Å². The van der Waals surface area contributed by atoms with Crippen LogP contribution in [-0.2, 0) is 9.84 Å². The summed E-state index contributed by atoms with van der Waals surface area (Å²) in [5.74, 6) is 1.09. The van der Waals surface area contributed by atoms with E-state index < -0.39 is 20.4 Å². The highest BCUT2D eigenvalue weighted by atomic mass is 32.2. The van der Waals surface area contributed by atoms with E-state index >= 15 is 0 Å². The van der Waals surface area contributed by atoms with E-state index in [9.17, 15) is 23.3 Å². The van der Waals surface area contributed by atoms with Crippen LogP contribution in [0.4, 0.5) is 11.4 Å². The molecule has 0 bridgehead atoms. The first-order valence-electron chi connectivity index (χ1n) is 9.17. The number of carbonyl (C=O) groups is 1. The van der Waals surface area contributed by atoms with E-state index in [-0.39, 0.29) is 16.8 Å². The van der Waals surface area contributed by atoms with Crippen LogP contribution < -0.4 is 10.2 Å². The Kier molecular flexibility index (Phi) is 5.65. The molecule has 1 amide bonds. The number of sulfone groups is 1. The first kappa shape index (κ1) is 20.8. The van der Waals surface area contributed by atoms with Crippen LogP contribution in [-0.4, -0.2) is 44.6 Å². The van der Waals surface area contributed by atoms with Crippen LogP contribution in [0, 0.1) is 24.0 Å². The molecule has 2 aromatic rings. The third-order valence-corrected chi connectivity index (χ3v) is 6.15. The molecule has 0 saturated carbocycles. The highest BCUT2D eigenvalue weighted by Crippen LogP contribution is 2.30. The van der Waals surface area contributed by atoms with Crippen LogP contribution in [0.25, 0.3) is 0 Å². The maximum atomic E-state index is 12.4. The fraction of sp³-hybridized carbons (Fsp3) is 0.421. The van der Waals surface area contributed by atoms with Crippen molar-refractivity contribution < 1.29 is 22.6 Å². The van der Waals surface area contributed by atoms with Crippen LogP contribution in [0.1, 0.15) is 34.7 Å². The van der Waals surface area contributed by atoms with Gasteiger partial charge in [-0.25, -0.2) is 8.42 Å². The van der Waals surface area contributed by atoms with E-state index in [2.05, 4.69) is 5.32 Å². The minimum Gasteiger partial charge on any atom is -0.466 e. The molecule has 0 unspecified atom stereocenters. The third kappa shape index (κ3) is 4.58. The predicted octanol–water partition coefficient (Wildman–Crippen LogP) is 2.61. The van der Waals surface area contributed by atoms with Crippen molar-refractivity contribution in [2.75, 3.05) is 24.2 Å². The molecule has 9 nitrogen and oxygen atoms in total. The number of anilines is 1. The molecule has 10 heteroatoms. The molecule has 0 atom stereocenters. The summed E-state index contributed by atoms with van der Waals surface area (Å²) in [6.45, 7) is 4.72. The highest BCUT2D eigenvalue weighted by Gasteiger charge is 2.26. The number of aryl methyl sites for hydroxylation is 2. The Morgan fingerprint density at radius 2 is 1.90 bits per heavy atom. The Labute approximate surface area is 168 Å². The van der Waals surface area contributed by atoms with Gasteiger partial charge in [0.25, 0.3) is 11.6 Å². The van der Waals surface area contributed by atoms with Crippen molar-refractivity contribution >= 4 is 27.1 Å². The normalized spacial score (nSPS) is 15.3. The predicted molar refractivity (Wildman–Crippen MR) is 107 cm³/mol. The van der Waals surface area contributed by atoms with Gasteiger partial charge < -0.3 is 14.6 Å². The monoisotopic (exact) mass is 421 g/mol. The molecule has 1 N–H and O–H groups in total. The van der Waals surface area contributed by atoms with Crippen molar-refractivity contribution in [3.63, 3.8) is 0 Å². The summed E-state index contributed by atoms with van der Waals surface area (Å²) in [5, 5.41) is 14.1. The summed E-state index contributed by atoms with van der Waals surface area (Å²) >= 11 is 0. The Bertz CT molecular complexity index is 1050. The van der Waals surface area contributed by atoms with Crippen LogP contribution in [0.15, 0.2) is 33.6 Å². The quantitative estimate of drug-likeness (QED) is 0.581. The van der Waals surface area contributed by atoms with Gasteiger partial charge in [0.2, 0.25) is 0 Å². The van der Waals surface area contributed by atoms with Gasteiger partial charge in [-0.15, -0.1) is 0 Å². The van der Waals surface area contributed by atoms with Gasteiger partial charge in [0, 0.05) is 37.1 Å². The molecule has 1 aromatic heterocycles. The van der Waals surface area contributed by atoms with Gasteiger partial charge in [-0.05, 0) is 44.9 Å². The number of benzene rings is 1. The number of piperidine rings is 1. The number of furan rings is 1. The van der Waals surface area contributed by atoms with Crippen LogP contribution in [0.3, 0.4) is 0 Å². The van der Waals surface area contributed by atoms with Gasteiger partial charge in [-0.3, -0.25) is 14.9 Å². The summed E-state index contributed by atoms with van der Waals surface area (Å²) in [4.78, 5) is 24.5. The van der Waals surface area contributed by atoms with Crippen LogP contribution >= 0.6 is 0 Å². The molecule has 1 aliphatic heterocycles. The molecule has 29 heavy (non-hydrogen) atoms. The number of carbonyl (C=O) groups excluding carboxylic acids is 1. The lowest BCUT2D eigenvalue weighted by atomic mass is 10.0. The van der Waals surface area contributed by atoms with Gasteiger partial charge in [-0.2, -0.15) is 0 Å². The maximum Gasteiger partial charge on any atom is 0.288 e. The van der Waals surface area contributed by atoms with Crippen molar-refractivity contribution in [2.45, 2.75) is 37.6 Å². The van der Waals surface area contributed by atoms with E-state index in [1.807, 2.05) is 4.90 Å². The Hall–Kier alpha value is -2.88. The summed E-state index contributed by atoms with van der Waals surface area (Å²) in [7, 11) is -3.73. The zero-order valence-corrected chi connectivity index (χ0v) is 17.3. The number of rotatable bonds is 5. The topological polar surface area (TPSA) is 123 Å². The number of nitrogens with one attached hydrogen (secondary N) is 1. The van der Waals surface area contributed by atoms with Crippen molar-refractivity contribution in [1.82, 2.24) is 5.32 Å². The molecule has 1 aromatic carbocycles. The molecular weight excluding hydrogens is 398 g/mol. The molecule has 2 heterocycles. The maximum absolute atomic E-state index is 12.4. The average molecular weight is 421 g/mol. The molecule has 0 spiro atoms. The lowest BCUT2D eigenvalue weighted by Crippen LogP contribution is -2.44. The lowest BCUT2D eigenvalue weighted by Gasteiger charge is -2.34. The summed E-state index contributed by atoms with van der Waals surface area (Å²) < 4.78 is 29.3. The SMILES string of the molecule is Cc1cc(C(=O)NC2CCN(c3ccc([N+](=O)[O-])c(S(C)(=O)=O)c3)CC2)c(C)o1. The third-order valence-electron chi connectivity index (χ3n) is 5.02. The lowest BCUT2D eigenvalue weighted by molar-refractivity contribution is -0.387. The zero-order valence-electron chi connectivity index (χ0n) is 16.5. The fourth-order valence-electron chi connectivity index (χ4n) is 3.55. The van der Waals surface area contributed by atoms with Gasteiger partial charge in [-0.1, -0.05) is 0 Å². The van der Waals surface area contributed by atoms with Crippen molar-refractivity contribution in [1.29, 1.82) is 0 Å². The zero-order chi connectivity index (χ0) is 21.3. The molecule has 1 saturated heterocycles. The molecule has 3 rings (SSSR count). The van der Waals surface area contributed by atoms with E-state index in [1.54, 1.807) is 26.0 Å². The first-order chi connectivity index (χ1) is 13.6. The molecule has 1 aliphatic rings. The molecule has 0 radical (unpaired) electrons. The van der Waals surface area contributed by atoms with E-state index in [0.29, 0.717) is 48.7 Å². The number of hydrogen-bond acceptors (Lipinski definition) is 7. The fourth-order valence-corrected chi connectivity index (χ4v) is 4.41. The number of hydrogen-bond donors (Lipinski definition) is 1. The van der Waals surface area contributed by atoms with Crippen LogP contribution in [0.2, 0.25) is 0 Å². The minimum atomic E-state index is -3.73. The standard InChI is InChI=1S/C19H23N3O6S/c1-12-10-16(13(2)28-12)19(23)20-14-6-8-21(9-7-14)15-4-5-17(22(24)25)18(11-15)29(3,26)27/h4-5,10-11,14H,6-9H2,1-3H3,(H,20,23). The van der Waals surface area contributed by atoms with Crippen molar-refractivity contribution in [2.24, 2.45) is 0 Å². The molecule has 1 fully saturated rings. The smallest absolute Gasteiger partial charge is 0.288 e. The van der Waals surface area contributed by atoms with E-state index in [1.165, 1.54) is 12.1 Å². The van der Waals surface area contributed by atoms with Gasteiger partial charge in [0.15, 0.2) is 9.84 Å². The molecule has 0 aliphatic carbocycles. The van der Waals surface area contributed by atoms with Gasteiger partial charge in [0.1, 0.15) is 16.4 Å². The summed E-state index contributed by atoms with van der Waals surface area (Å²) in [6.07, 6.45) is 2.31. The minimum absolute atomic E-state index is 0.0132. The van der Waals surface area contributed by atoms with E-state index in [0.717, 1.165) is 6.26 Å². The molecule has 156 valence electrons. The molecular formula is C19H23N3O6S. The first-order valence-corrected chi connectivity index (χ1v) is 11.1. The Morgan fingerprint density at radius 1 is 1.24 bits per heavy atom. The Balaban J connectivity index is 1.68. The second-order valence-electron chi connectivity index (χ2n) is 7.24.